The van der Waals surface area contributed by atoms with Crippen molar-refractivity contribution < 1.29 is 0 Å². The van der Waals surface area contributed by atoms with Gasteiger partial charge in [-0.05, 0) is 18.0 Å². The summed E-state index contributed by atoms with van der Waals surface area (Å²) >= 11 is 5.73. The van der Waals surface area contributed by atoms with E-state index in [1.807, 2.05) is 13.8 Å². The van der Waals surface area contributed by atoms with E-state index in [9.17, 15) is 0 Å². The highest BCUT2D eigenvalue weighted by Gasteiger charge is 2.07. The van der Waals surface area contributed by atoms with Crippen LogP contribution < -0.4 is 10.9 Å². The molecule has 6 heteroatoms. The Kier molecular flexibility index (Phi) is 4.03. The monoisotopic (exact) mass is 215 g/mol. The molecule has 1 rings (SSSR count). The highest BCUT2D eigenvalue weighted by atomic mass is 35.5. The van der Waals surface area contributed by atoms with Gasteiger partial charge in [-0.1, -0.05) is 13.8 Å². The Bertz CT molecular complexity index is 304. The maximum atomic E-state index is 5.73. The molecule has 1 aromatic heterocycles. The minimum absolute atomic E-state index is 0.193. The van der Waals surface area contributed by atoms with Gasteiger partial charge < -0.3 is 0 Å². The Hall–Kier alpha value is -0.940. The molecule has 0 atom stereocenters. The fourth-order valence-corrected chi connectivity index (χ4v) is 1.18. The van der Waals surface area contributed by atoms with E-state index >= 15 is 0 Å². The Morgan fingerprint density at radius 2 is 2.00 bits per heavy atom. The molecule has 1 aromatic rings. The van der Waals surface area contributed by atoms with Gasteiger partial charge >= 0.3 is 0 Å². The van der Waals surface area contributed by atoms with E-state index in [1.165, 1.54) is 5.01 Å². The molecule has 0 aliphatic heterocycles. The lowest BCUT2D eigenvalue weighted by Crippen LogP contribution is -2.33. The predicted octanol–water partition coefficient (Wildman–Crippen LogP) is 1.18. The van der Waals surface area contributed by atoms with Crippen LogP contribution in [0, 0.1) is 0 Å². The van der Waals surface area contributed by atoms with E-state index in [4.69, 9.17) is 17.4 Å². The number of hydrogen-bond donors (Lipinski definition) is 1. The Morgan fingerprint density at radius 1 is 1.29 bits per heavy atom. The Morgan fingerprint density at radius 3 is 2.57 bits per heavy atom. The molecule has 14 heavy (non-hydrogen) atoms. The minimum atomic E-state index is 0.193. The number of nitrogens with zero attached hydrogens (tertiary/aromatic N) is 4. The van der Waals surface area contributed by atoms with Crippen molar-refractivity contribution in [3.05, 3.63) is 11.1 Å². The smallest absolute Gasteiger partial charge is 0.244 e. The first-order chi connectivity index (χ1) is 6.67. The predicted molar refractivity (Wildman–Crippen MR) is 56.0 cm³/mol. The first kappa shape index (κ1) is 11.1. The minimum Gasteiger partial charge on any atom is -0.279 e. The van der Waals surface area contributed by atoms with Gasteiger partial charge in [-0.15, -0.1) is 0 Å². The molecule has 0 fully saturated rings. The molecule has 1 heterocycles. The fourth-order valence-electron chi connectivity index (χ4n) is 1.01. The van der Waals surface area contributed by atoms with Crippen molar-refractivity contribution in [1.82, 2.24) is 15.0 Å². The lowest BCUT2D eigenvalue weighted by Gasteiger charge is -2.15. The zero-order chi connectivity index (χ0) is 10.6. The van der Waals surface area contributed by atoms with Gasteiger partial charge in [-0.25, -0.2) is 10.8 Å². The van der Waals surface area contributed by atoms with Crippen LogP contribution >= 0.6 is 11.6 Å². The second-order valence-electron chi connectivity index (χ2n) is 2.87. The molecule has 0 spiro atoms. The molecule has 0 aliphatic carbocycles. The highest BCUT2D eigenvalue weighted by Crippen LogP contribution is 2.08. The van der Waals surface area contributed by atoms with E-state index in [1.54, 1.807) is 0 Å². The summed E-state index contributed by atoms with van der Waals surface area (Å²) in [6.07, 6.45) is 1.65. The number of nitrogens with two attached hydrogens (primary N) is 1. The summed E-state index contributed by atoms with van der Waals surface area (Å²) in [5.41, 5.74) is 0. The zero-order valence-electron chi connectivity index (χ0n) is 8.37. The summed E-state index contributed by atoms with van der Waals surface area (Å²) in [6, 6.07) is 0. The van der Waals surface area contributed by atoms with Gasteiger partial charge in [0, 0.05) is 13.0 Å². The summed E-state index contributed by atoms with van der Waals surface area (Å²) in [5, 5.41) is 1.67. The summed E-state index contributed by atoms with van der Waals surface area (Å²) in [6.45, 7) is 4.68. The Balaban J connectivity index is 2.90. The van der Waals surface area contributed by atoms with Gasteiger partial charge in [0.1, 0.15) is 5.82 Å². The topological polar surface area (TPSA) is 67.9 Å². The molecule has 0 aromatic carbocycles. The zero-order valence-corrected chi connectivity index (χ0v) is 9.12. The van der Waals surface area contributed by atoms with Crippen molar-refractivity contribution in [3.8, 4) is 0 Å². The maximum absolute atomic E-state index is 5.73. The second kappa shape index (κ2) is 5.07. The molecular formula is C8H14ClN5. The third kappa shape index (κ3) is 2.78. The average molecular weight is 216 g/mol. The van der Waals surface area contributed by atoms with Crippen molar-refractivity contribution >= 4 is 17.5 Å². The summed E-state index contributed by atoms with van der Waals surface area (Å²) in [4.78, 5) is 12.1. The van der Waals surface area contributed by atoms with E-state index in [0.717, 1.165) is 12.8 Å². The van der Waals surface area contributed by atoms with E-state index < -0.39 is 0 Å². The first-order valence-electron chi connectivity index (χ1n) is 4.60. The molecule has 5 nitrogen and oxygen atoms in total. The second-order valence-corrected chi connectivity index (χ2v) is 3.21. The average Bonchev–Trinajstić information content (AvgIpc) is 2.17. The van der Waals surface area contributed by atoms with Crippen LogP contribution in [0.4, 0.5) is 5.95 Å². The van der Waals surface area contributed by atoms with Crippen LogP contribution in [0.15, 0.2) is 0 Å². The van der Waals surface area contributed by atoms with Gasteiger partial charge in [-0.2, -0.15) is 9.97 Å². The van der Waals surface area contributed by atoms with Gasteiger partial charge in [0.25, 0.3) is 0 Å². The number of hydrogen-bond acceptors (Lipinski definition) is 5. The Labute approximate surface area is 88.3 Å². The van der Waals surface area contributed by atoms with E-state index in [2.05, 4.69) is 15.0 Å². The van der Waals surface area contributed by atoms with Crippen LogP contribution in [0.2, 0.25) is 5.28 Å². The van der Waals surface area contributed by atoms with E-state index in [0.29, 0.717) is 18.3 Å². The van der Waals surface area contributed by atoms with Crippen LogP contribution in [0.3, 0.4) is 0 Å². The summed E-state index contributed by atoms with van der Waals surface area (Å²) in [5.74, 6) is 6.81. The number of aryl methyl sites for hydroxylation is 1. The third-order valence-corrected chi connectivity index (χ3v) is 1.85. The first-order valence-corrected chi connectivity index (χ1v) is 4.97. The maximum Gasteiger partial charge on any atom is 0.244 e. The molecule has 2 N–H and O–H groups in total. The molecule has 0 aliphatic rings. The van der Waals surface area contributed by atoms with Crippen LogP contribution in [0.25, 0.3) is 0 Å². The van der Waals surface area contributed by atoms with Gasteiger partial charge in [-0.3, -0.25) is 5.01 Å². The summed E-state index contributed by atoms with van der Waals surface area (Å²) < 4.78 is 0. The SMILES string of the molecule is CCCN(N)c1nc(Cl)nc(CC)n1. The molecule has 0 amide bonds. The van der Waals surface area contributed by atoms with E-state index in [-0.39, 0.29) is 5.28 Å². The highest BCUT2D eigenvalue weighted by molar-refractivity contribution is 6.28. The normalized spacial score (nSPS) is 10.3. The van der Waals surface area contributed by atoms with Crippen LogP contribution in [-0.4, -0.2) is 21.5 Å². The van der Waals surface area contributed by atoms with Crippen LogP contribution in [-0.2, 0) is 6.42 Å². The largest absolute Gasteiger partial charge is 0.279 e. The molecule has 78 valence electrons. The van der Waals surface area contributed by atoms with Crippen molar-refractivity contribution in [2.24, 2.45) is 5.84 Å². The summed E-state index contributed by atoms with van der Waals surface area (Å²) in [7, 11) is 0. The van der Waals surface area contributed by atoms with Crippen LogP contribution in [0.5, 0.6) is 0 Å². The van der Waals surface area contributed by atoms with Gasteiger partial charge in [0.15, 0.2) is 0 Å². The standard InChI is InChI=1S/C8H14ClN5/c1-3-5-14(10)8-12-6(4-2)11-7(9)13-8/h3-5,10H2,1-2H3. The van der Waals surface area contributed by atoms with Crippen molar-refractivity contribution in [3.63, 3.8) is 0 Å². The molecule has 0 unspecified atom stereocenters. The molecular weight excluding hydrogens is 202 g/mol. The van der Waals surface area contributed by atoms with Crippen molar-refractivity contribution in [1.29, 1.82) is 0 Å². The number of rotatable bonds is 4. The number of aromatic nitrogens is 3. The van der Waals surface area contributed by atoms with Crippen molar-refractivity contribution in [2.45, 2.75) is 26.7 Å². The molecule has 0 bridgehead atoms. The van der Waals surface area contributed by atoms with Crippen LogP contribution in [0.1, 0.15) is 26.1 Å². The number of anilines is 1. The van der Waals surface area contributed by atoms with Crippen molar-refractivity contribution in [2.75, 3.05) is 11.6 Å². The quantitative estimate of drug-likeness (QED) is 0.604. The van der Waals surface area contributed by atoms with Gasteiger partial charge in [0.05, 0.1) is 0 Å². The molecule has 0 radical (unpaired) electrons. The number of halogens is 1. The molecule has 0 saturated carbocycles. The van der Waals surface area contributed by atoms with Gasteiger partial charge in [0.2, 0.25) is 11.2 Å². The molecule has 0 saturated heterocycles. The number of hydrazine groups is 1. The fraction of sp³-hybridized carbons (Fsp3) is 0.625. The third-order valence-electron chi connectivity index (χ3n) is 1.68. The lowest BCUT2D eigenvalue weighted by molar-refractivity contribution is 0.754. The lowest BCUT2D eigenvalue weighted by atomic mass is 10.4.